The summed E-state index contributed by atoms with van der Waals surface area (Å²) in [6.07, 6.45) is 7.24. The Labute approximate surface area is 228 Å². The third kappa shape index (κ3) is 6.73. The minimum atomic E-state index is -0.660. The molecule has 0 saturated heterocycles. The van der Waals surface area contributed by atoms with E-state index < -0.39 is 6.29 Å². The predicted octanol–water partition coefficient (Wildman–Crippen LogP) is 4.26. The van der Waals surface area contributed by atoms with Crippen molar-refractivity contribution in [1.82, 2.24) is 14.8 Å². The van der Waals surface area contributed by atoms with Gasteiger partial charge >= 0.3 is 0 Å². The van der Waals surface area contributed by atoms with Gasteiger partial charge in [-0.1, -0.05) is 36.4 Å². The first-order chi connectivity index (χ1) is 18.7. The molecule has 0 N–H and O–H groups in total. The van der Waals surface area contributed by atoms with E-state index >= 15 is 0 Å². The third-order valence-electron chi connectivity index (χ3n) is 6.23. The Morgan fingerprint density at radius 1 is 0.897 bits per heavy atom. The molecule has 1 aliphatic rings. The lowest BCUT2D eigenvalue weighted by Gasteiger charge is -2.17. The summed E-state index contributed by atoms with van der Waals surface area (Å²) in [5, 5.41) is 0. The number of fused-ring (bicyclic) bond motifs is 1. The number of nitrogens with zero attached hydrogens (tertiary/aromatic N) is 3. The van der Waals surface area contributed by atoms with Crippen LogP contribution in [0.3, 0.4) is 0 Å². The van der Waals surface area contributed by atoms with Gasteiger partial charge in [0.2, 0.25) is 18.1 Å². The van der Waals surface area contributed by atoms with Gasteiger partial charge in [0, 0.05) is 63.2 Å². The minimum Gasteiger partial charge on any atom is -0.345 e. The van der Waals surface area contributed by atoms with E-state index in [0.29, 0.717) is 40.1 Å². The molecule has 2 amide bonds. The second-order valence-electron chi connectivity index (χ2n) is 9.46. The largest absolute Gasteiger partial charge is 0.345 e. The van der Waals surface area contributed by atoms with Crippen LogP contribution in [-0.4, -0.2) is 60.6 Å². The molecule has 0 aliphatic carbocycles. The number of ketones is 1. The summed E-state index contributed by atoms with van der Waals surface area (Å²) in [6.45, 7) is 0.485. The van der Waals surface area contributed by atoms with Gasteiger partial charge in [-0.3, -0.25) is 19.4 Å². The van der Waals surface area contributed by atoms with Crippen LogP contribution >= 0.6 is 0 Å². The van der Waals surface area contributed by atoms with E-state index in [0.717, 1.165) is 5.56 Å². The summed E-state index contributed by atoms with van der Waals surface area (Å²) in [5.74, 6) is -0.597. The summed E-state index contributed by atoms with van der Waals surface area (Å²) >= 11 is 0. The molecule has 0 fully saturated rings. The standard InChI is InChI=1S/C31H31N3O5/c1-33(2)27(35)14-12-22-17-25(30(37)21-9-6-5-7-10-21)18-23(13-15-28(36)34(3)4)26(22)20-39-31-29-24(19-38-31)11-8-16-32-29/h5-18,31H,19-20H2,1-4H3/b14-12+,15-13+. The number of benzene rings is 2. The Morgan fingerprint density at radius 3 is 2.10 bits per heavy atom. The van der Waals surface area contributed by atoms with Gasteiger partial charge in [0.15, 0.2) is 5.78 Å². The summed E-state index contributed by atoms with van der Waals surface area (Å²) in [6, 6.07) is 16.2. The molecule has 1 atom stereocenters. The lowest BCUT2D eigenvalue weighted by molar-refractivity contribution is -0.147. The zero-order valence-corrected chi connectivity index (χ0v) is 22.5. The monoisotopic (exact) mass is 525 g/mol. The number of ether oxygens (including phenoxy) is 2. The van der Waals surface area contributed by atoms with Crippen molar-refractivity contribution in [3.05, 3.63) is 112 Å². The smallest absolute Gasteiger partial charge is 0.246 e. The quantitative estimate of drug-likeness (QED) is 0.306. The molecule has 1 unspecified atom stereocenters. The van der Waals surface area contributed by atoms with Gasteiger partial charge in [-0.15, -0.1) is 0 Å². The van der Waals surface area contributed by atoms with Crippen LogP contribution in [0, 0.1) is 0 Å². The molecule has 200 valence electrons. The van der Waals surface area contributed by atoms with Gasteiger partial charge in [-0.25, -0.2) is 0 Å². The number of carbonyl (C=O) groups excluding carboxylic acids is 3. The van der Waals surface area contributed by atoms with Crippen LogP contribution in [-0.2, 0) is 32.3 Å². The zero-order chi connectivity index (χ0) is 27.9. The van der Waals surface area contributed by atoms with Crippen LogP contribution in [0.5, 0.6) is 0 Å². The van der Waals surface area contributed by atoms with E-state index in [1.165, 1.54) is 22.0 Å². The number of aromatic nitrogens is 1. The molecule has 1 aliphatic heterocycles. The normalized spacial score (nSPS) is 14.5. The van der Waals surface area contributed by atoms with Crippen molar-refractivity contribution < 1.29 is 23.9 Å². The SMILES string of the molecule is CN(C)C(=O)/C=C/c1cc(C(=O)c2ccccc2)cc(/C=C/C(=O)N(C)C)c1COC1OCc2cccnc21. The first-order valence-electron chi connectivity index (χ1n) is 12.5. The molecule has 0 bridgehead atoms. The molecule has 0 saturated carbocycles. The topological polar surface area (TPSA) is 89.0 Å². The molecule has 8 heteroatoms. The van der Waals surface area contributed by atoms with Crippen LogP contribution in [0.15, 0.2) is 72.9 Å². The average Bonchev–Trinajstić information content (AvgIpc) is 3.36. The van der Waals surface area contributed by atoms with Gasteiger partial charge < -0.3 is 19.3 Å². The molecule has 0 spiro atoms. The van der Waals surface area contributed by atoms with E-state index in [1.807, 2.05) is 18.2 Å². The Hall–Kier alpha value is -4.40. The first kappa shape index (κ1) is 27.6. The van der Waals surface area contributed by atoms with Crippen LogP contribution < -0.4 is 0 Å². The summed E-state index contributed by atoms with van der Waals surface area (Å²) in [4.78, 5) is 45.5. The highest BCUT2D eigenvalue weighted by molar-refractivity contribution is 6.10. The number of hydrogen-bond donors (Lipinski definition) is 0. The summed E-state index contributed by atoms with van der Waals surface area (Å²) in [5.41, 5.74) is 4.54. The average molecular weight is 526 g/mol. The van der Waals surface area contributed by atoms with E-state index in [4.69, 9.17) is 9.47 Å². The Bertz CT molecular complexity index is 1380. The Morgan fingerprint density at radius 2 is 1.51 bits per heavy atom. The third-order valence-corrected chi connectivity index (χ3v) is 6.23. The highest BCUT2D eigenvalue weighted by Crippen LogP contribution is 2.32. The molecule has 1 aromatic heterocycles. The molecular weight excluding hydrogens is 494 g/mol. The minimum absolute atomic E-state index is 0.0894. The van der Waals surface area contributed by atoms with Crippen molar-refractivity contribution in [2.24, 2.45) is 0 Å². The van der Waals surface area contributed by atoms with Crippen LogP contribution in [0.1, 0.15) is 50.2 Å². The van der Waals surface area contributed by atoms with Crippen LogP contribution in [0.2, 0.25) is 0 Å². The van der Waals surface area contributed by atoms with E-state index in [1.54, 1.807) is 82.9 Å². The van der Waals surface area contributed by atoms with Crippen molar-refractivity contribution >= 4 is 29.7 Å². The van der Waals surface area contributed by atoms with E-state index in [2.05, 4.69) is 4.98 Å². The maximum absolute atomic E-state index is 13.4. The van der Waals surface area contributed by atoms with Crippen LogP contribution in [0.4, 0.5) is 0 Å². The van der Waals surface area contributed by atoms with Crippen molar-refractivity contribution in [2.45, 2.75) is 19.5 Å². The van der Waals surface area contributed by atoms with Crippen molar-refractivity contribution in [1.29, 1.82) is 0 Å². The molecule has 8 nitrogen and oxygen atoms in total. The lowest BCUT2D eigenvalue weighted by atomic mass is 9.93. The number of pyridine rings is 1. The van der Waals surface area contributed by atoms with Crippen molar-refractivity contribution in [2.75, 3.05) is 28.2 Å². The first-order valence-corrected chi connectivity index (χ1v) is 12.5. The molecule has 2 aromatic carbocycles. The highest BCUT2D eigenvalue weighted by Gasteiger charge is 2.26. The fourth-order valence-electron chi connectivity index (χ4n) is 4.00. The van der Waals surface area contributed by atoms with Gasteiger partial charge in [-0.05, 0) is 47.0 Å². The Balaban J connectivity index is 1.79. The van der Waals surface area contributed by atoms with Gasteiger partial charge in [0.1, 0.15) is 5.69 Å². The second kappa shape index (κ2) is 12.4. The fraction of sp³-hybridized carbons (Fsp3) is 0.226. The molecular formula is C31H31N3O5. The Kier molecular flexibility index (Phi) is 8.81. The number of amides is 2. The van der Waals surface area contributed by atoms with E-state index in [9.17, 15) is 14.4 Å². The summed E-state index contributed by atoms with van der Waals surface area (Å²) in [7, 11) is 6.65. The highest BCUT2D eigenvalue weighted by atomic mass is 16.7. The number of rotatable bonds is 9. The van der Waals surface area contributed by atoms with Crippen molar-refractivity contribution in [3.63, 3.8) is 0 Å². The van der Waals surface area contributed by atoms with Crippen LogP contribution in [0.25, 0.3) is 12.2 Å². The second-order valence-corrected chi connectivity index (χ2v) is 9.46. The van der Waals surface area contributed by atoms with E-state index in [-0.39, 0.29) is 24.2 Å². The number of hydrogen-bond acceptors (Lipinski definition) is 6. The number of carbonyl (C=O) groups is 3. The predicted molar refractivity (Wildman–Crippen MR) is 148 cm³/mol. The maximum Gasteiger partial charge on any atom is 0.246 e. The molecule has 4 rings (SSSR count). The fourth-order valence-corrected chi connectivity index (χ4v) is 4.00. The zero-order valence-electron chi connectivity index (χ0n) is 22.5. The lowest BCUT2D eigenvalue weighted by Crippen LogP contribution is -2.19. The van der Waals surface area contributed by atoms with Gasteiger partial charge in [0.25, 0.3) is 0 Å². The van der Waals surface area contributed by atoms with Gasteiger partial charge in [-0.2, -0.15) is 0 Å². The molecule has 3 aromatic rings. The van der Waals surface area contributed by atoms with Crippen molar-refractivity contribution in [3.8, 4) is 0 Å². The maximum atomic E-state index is 13.4. The molecule has 39 heavy (non-hydrogen) atoms. The number of likely N-dealkylation sites (N-methyl/N-ethyl adjacent to an activating group) is 2. The van der Waals surface area contributed by atoms with Gasteiger partial charge in [0.05, 0.1) is 13.2 Å². The molecule has 0 radical (unpaired) electrons. The molecule has 2 heterocycles. The summed E-state index contributed by atoms with van der Waals surface area (Å²) < 4.78 is 12.0.